The van der Waals surface area contributed by atoms with Crippen LogP contribution in [0.4, 0.5) is 0 Å². The molecule has 2 N–H and O–H groups in total. The van der Waals surface area contributed by atoms with Crippen LogP contribution in [0.15, 0.2) is 14.3 Å². The van der Waals surface area contributed by atoms with Crippen LogP contribution in [-0.2, 0) is 0 Å². The number of oxazole rings is 1. The average Bonchev–Trinajstić information content (AvgIpc) is 1.85. The fourth-order valence-corrected chi connectivity index (χ4v) is 0.451. The highest BCUT2D eigenvalue weighted by atomic mass is 32.1. The molecule has 0 aliphatic heterocycles. The van der Waals surface area contributed by atoms with E-state index in [1.165, 1.54) is 0 Å². The van der Waals surface area contributed by atoms with E-state index < -0.39 is 5.76 Å². The Morgan fingerprint density at radius 3 is 2.50 bits per heavy atom. The molecule has 8 heavy (non-hydrogen) atoms. The summed E-state index contributed by atoms with van der Waals surface area (Å²) in [5, 5.41) is 8.43. The molecule has 0 atom stereocenters. The van der Waals surface area contributed by atoms with E-state index >= 15 is 0 Å². The zero-order valence-electron chi connectivity index (χ0n) is 3.71. The number of H-pyrrole nitrogens is 1. The van der Waals surface area contributed by atoms with Crippen LogP contribution in [0.1, 0.15) is 0 Å². The minimum absolute atomic E-state index is 0.0880. The Morgan fingerprint density at radius 1 is 1.75 bits per heavy atom. The Hall–Kier alpha value is -0.840. The molecule has 4 nitrogen and oxygen atoms in total. The molecule has 0 aliphatic carbocycles. The lowest BCUT2D eigenvalue weighted by atomic mass is 10.9. The molecule has 1 rings (SSSR count). The SMILES string of the molecule is O=c1[nH]c(O)c(S)o1. The predicted octanol–water partition coefficient (Wildman–Crippen LogP) is -0.0378. The molecule has 1 aromatic heterocycles. The molecule has 0 aliphatic rings. The molecule has 0 saturated carbocycles. The van der Waals surface area contributed by atoms with Gasteiger partial charge in [0.15, 0.2) is 0 Å². The predicted molar refractivity (Wildman–Crippen MR) is 28.2 cm³/mol. The molecule has 1 aromatic rings. The van der Waals surface area contributed by atoms with Gasteiger partial charge >= 0.3 is 5.76 Å². The van der Waals surface area contributed by atoms with Crippen LogP contribution in [0.2, 0.25) is 0 Å². The quantitative estimate of drug-likeness (QED) is 0.435. The Kier molecular flexibility index (Phi) is 1.05. The zero-order chi connectivity index (χ0) is 6.15. The lowest BCUT2D eigenvalue weighted by Crippen LogP contribution is -1.92. The summed E-state index contributed by atoms with van der Waals surface area (Å²) in [6.45, 7) is 0. The van der Waals surface area contributed by atoms with Crippen molar-refractivity contribution < 1.29 is 9.52 Å². The average molecular weight is 133 g/mol. The van der Waals surface area contributed by atoms with Gasteiger partial charge in [-0.25, -0.2) is 4.79 Å². The highest BCUT2D eigenvalue weighted by Crippen LogP contribution is 2.13. The number of hydrogen-bond donors (Lipinski definition) is 3. The molecule has 0 fully saturated rings. The molecule has 0 spiro atoms. The first-order valence-corrected chi connectivity index (χ1v) is 2.26. The number of thiol groups is 1. The summed E-state index contributed by atoms with van der Waals surface area (Å²) in [6, 6.07) is 0. The van der Waals surface area contributed by atoms with E-state index in [9.17, 15) is 4.79 Å². The summed E-state index contributed by atoms with van der Waals surface area (Å²) in [7, 11) is 0. The molecule has 0 radical (unpaired) electrons. The molecule has 0 unspecified atom stereocenters. The topological polar surface area (TPSA) is 66.2 Å². The van der Waals surface area contributed by atoms with Crippen LogP contribution < -0.4 is 5.76 Å². The van der Waals surface area contributed by atoms with Crippen molar-refractivity contribution in [2.75, 3.05) is 0 Å². The summed E-state index contributed by atoms with van der Waals surface area (Å²) in [5.74, 6) is -1.04. The minimum atomic E-state index is -0.701. The first kappa shape index (κ1) is 5.30. The second kappa shape index (κ2) is 1.59. The van der Waals surface area contributed by atoms with Crippen LogP contribution >= 0.6 is 12.6 Å². The van der Waals surface area contributed by atoms with Gasteiger partial charge in [0.1, 0.15) is 0 Å². The number of nitrogens with one attached hydrogen (secondary N) is 1. The van der Waals surface area contributed by atoms with Crippen molar-refractivity contribution in [1.82, 2.24) is 4.98 Å². The summed E-state index contributed by atoms with van der Waals surface area (Å²) in [4.78, 5) is 12.0. The molecule has 0 aromatic carbocycles. The Bertz CT molecular complexity index is 214. The van der Waals surface area contributed by atoms with Gasteiger partial charge in [-0.2, -0.15) is 0 Å². The van der Waals surface area contributed by atoms with Crippen molar-refractivity contribution in [3.63, 3.8) is 0 Å². The summed E-state index contributed by atoms with van der Waals surface area (Å²) in [6.07, 6.45) is 0. The van der Waals surface area contributed by atoms with E-state index in [-0.39, 0.29) is 11.0 Å². The Morgan fingerprint density at radius 2 is 2.38 bits per heavy atom. The van der Waals surface area contributed by atoms with Gasteiger partial charge in [-0.05, 0) is 0 Å². The van der Waals surface area contributed by atoms with Gasteiger partial charge < -0.3 is 9.52 Å². The van der Waals surface area contributed by atoms with Crippen molar-refractivity contribution in [3.8, 4) is 5.88 Å². The molecule has 5 heteroatoms. The van der Waals surface area contributed by atoms with E-state index in [4.69, 9.17) is 5.11 Å². The summed E-state index contributed by atoms with van der Waals surface area (Å²) < 4.78 is 4.22. The molecule has 1 heterocycles. The van der Waals surface area contributed by atoms with Gasteiger partial charge in [-0.1, -0.05) is 12.6 Å². The summed E-state index contributed by atoms with van der Waals surface area (Å²) in [5.41, 5.74) is 0. The largest absolute Gasteiger partial charge is 0.491 e. The van der Waals surface area contributed by atoms with E-state index in [1.807, 2.05) is 4.98 Å². The maximum atomic E-state index is 10.1. The lowest BCUT2D eigenvalue weighted by molar-refractivity contribution is 0.391. The van der Waals surface area contributed by atoms with Crippen molar-refractivity contribution >= 4 is 12.6 Å². The van der Waals surface area contributed by atoms with Gasteiger partial charge in [-0.3, -0.25) is 4.98 Å². The highest BCUT2D eigenvalue weighted by molar-refractivity contribution is 7.80. The fourth-order valence-electron chi connectivity index (χ4n) is 0.312. The van der Waals surface area contributed by atoms with Crippen LogP contribution in [0.5, 0.6) is 5.88 Å². The second-order valence-corrected chi connectivity index (χ2v) is 1.57. The van der Waals surface area contributed by atoms with Gasteiger partial charge in [-0.15, -0.1) is 0 Å². The maximum Gasteiger partial charge on any atom is 0.420 e. The summed E-state index contributed by atoms with van der Waals surface area (Å²) >= 11 is 3.57. The fraction of sp³-hybridized carbons (Fsp3) is 0. The highest BCUT2D eigenvalue weighted by Gasteiger charge is 2.00. The van der Waals surface area contributed by atoms with E-state index in [0.717, 1.165) is 0 Å². The van der Waals surface area contributed by atoms with E-state index in [2.05, 4.69) is 17.0 Å². The van der Waals surface area contributed by atoms with Gasteiger partial charge in [0.25, 0.3) is 0 Å². The number of aromatic hydroxyl groups is 1. The van der Waals surface area contributed by atoms with Crippen molar-refractivity contribution in [1.29, 1.82) is 0 Å². The maximum absolute atomic E-state index is 10.1. The first-order chi connectivity index (χ1) is 3.70. The number of aromatic amines is 1. The van der Waals surface area contributed by atoms with Crippen LogP contribution in [0.3, 0.4) is 0 Å². The van der Waals surface area contributed by atoms with Crippen LogP contribution in [-0.4, -0.2) is 10.1 Å². The first-order valence-electron chi connectivity index (χ1n) is 1.81. The molecule has 0 saturated heterocycles. The molecule has 0 amide bonds. The Balaban J connectivity index is 3.35. The zero-order valence-corrected chi connectivity index (χ0v) is 4.61. The van der Waals surface area contributed by atoms with E-state index in [0.29, 0.717) is 0 Å². The second-order valence-electron chi connectivity index (χ2n) is 1.17. The number of hydrogen-bond acceptors (Lipinski definition) is 4. The third-order valence-electron chi connectivity index (χ3n) is 0.612. The van der Waals surface area contributed by atoms with Crippen molar-refractivity contribution in [2.45, 2.75) is 5.09 Å². The van der Waals surface area contributed by atoms with Crippen molar-refractivity contribution in [3.05, 3.63) is 10.6 Å². The third kappa shape index (κ3) is 0.717. The van der Waals surface area contributed by atoms with Gasteiger partial charge in [0, 0.05) is 0 Å². The molecule has 0 bridgehead atoms. The third-order valence-corrected chi connectivity index (χ3v) is 0.916. The van der Waals surface area contributed by atoms with Crippen molar-refractivity contribution in [2.24, 2.45) is 0 Å². The smallest absolute Gasteiger partial charge is 0.420 e. The number of rotatable bonds is 0. The standard InChI is InChI=1S/C3H3NO3S/c5-1-2(8)7-3(6)4-1/h5,8H,(H,4,6). The molecular weight excluding hydrogens is 130 g/mol. The van der Waals surface area contributed by atoms with Crippen LogP contribution in [0.25, 0.3) is 0 Å². The normalized spacial score (nSPS) is 9.62. The van der Waals surface area contributed by atoms with E-state index in [1.54, 1.807) is 0 Å². The number of aromatic nitrogens is 1. The minimum Gasteiger partial charge on any atom is -0.491 e. The molecular formula is C3H3NO3S. The van der Waals surface area contributed by atoms with Gasteiger partial charge in [0.05, 0.1) is 0 Å². The van der Waals surface area contributed by atoms with Crippen LogP contribution in [0, 0.1) is 0 Å². The molecule has 44 valence electrons. The lowest BCUT2D eigenvalue weighted by Gasteiger charge is -1.75. The monoisotopic (exact) mass is 133 g/mol. The Labute approximate surface area is 49.6 Å². The van der Waals surface area contributed by atoms with Gasteiger partial charge in [0.2, 0.25) is 11.0 Å².